The highest BCUT2D eigenvalue weighted by Gasteiger charge is 2.35. The lowest BCUT2D eigenvalue weighted by Crippen LogP contribution is -2.58. The summed E-state index contributed by atoms with van der Waals surface area (Å²) in [5.41, 5.74) is 4.00. The molecular formula is C22H27N3O2. The molecular weight excluding hydrogens is 338 g/mol. The second kappa shape index (κ2) is 7.82. The van der Waals surface area contributed by atoms with Crippen molar-refractivity contribution in [3.8, 4) is 0 Å². The number of hydrogen-bond acceptors (Lipinski definition) is 2. The molecule has 5 nitrogen and oxygen atoms in total. The first-order chi connectivity index (χ1) is 12.9. The Labute approximate surface area is 161 Å². The number of carbonyl (C=O) groups is 2. The molecule has 1 saturated heterocycles. The van der Waals surface area contributed by atoms with E-state index in [1.54, 1.807) is 16.7 Å². The van der Waals surface area contributed by atoms with Gasteiger partial charge in [0.1, 0.15) is 6.04 Å². The molecule has 1 heterocycles. The van der Waals surface area contributed by atoms with E-state index in [1.807, 2.05) is 43.3 Å². The van der Waals surface area contributed by atoms with Crippen LogP contribution in [0.15, 0.2) is 48.5 Å². The van der Waals surface area contributed by atoms with Gasteiger partial charge in [0.25, 0.3) is 0 Å². The fourth-order valence-corrected chi connectivity index (χ4v) is 3.28. The van der Waals surface area contributed by atoms with Gasteiger partial charge in [-0.3, -0.25) is 4.79 Å². The molecule has 2 aromatic rings. The van der Waals surface area contributed by atoms with Crippen LogP contribution in [0.3, 0.4) is 0 Å². The monoisotopic (exact) mass is 365 g/mol. The molecule has 1 aliphatic heterocycles. The lowest BCUT2D eigenvalue weighted by Gasteiger charge is -2.39. The Morgan fingerprint density at radius 2 is 1.67 bits per heavy atom. The molecule has 3 amide bonds. The van der Waals surface area contributed by atoms with Crippen LogP contribution in [0.5, 0.6) is 0 Å². The maximum Gasteiger partial charge on any atom is 0.322 e. The summed E-state index contributed by atoms with van der Waals surface area (Å²) in [5.74, 6) is 0.397. The first-order valence-corrected chi connectivity index (χ1v) is 9.42. The van der Waals surface area contributed by atoms with Crippen LogP contribution in [0, 0.1) is 6.92 Å². The maximum atomic E-state index is 12.9. The van der Waals surface area contributed by atoms with E-state index in [9.17, 15) is 9.59 Å². The second-order valence-corrected chi connectivity index (χ2v) is 7.40. The summed E-state index contributed by atoms with van der Waals surface area (Å²) in [4.78, 5) is 28.8. The van der Waals surface area contributed by atoms with Gasteiger partial charge in [-0.25, -0.2) is 4.79 Å². The zero-order valence-electron chi connectivity index (χ0n) is 16.4. The van der Waals surface area contributed by atoms with Crippen LogP contribution in [0.4, 0.5) is 16.2 Å². The molecule has 0 bridgehead atoms. The Morgan fingerprint density at radius 3 is 2.26 bits per heavy atom. The lowest BCUT2D eigenvalue weighted by molar-refractivity contribution is -0.123. The van der Waals surface area contributed by atoms with Crippen LogP contribution < -0.4 is 10.2 Å². The molecule has 0 spiro atoms. The molecule has 1 aliphatic rings. The molecule has 1 atom stereocenters. The number of rotatable bonds is 3. The van der Waals surface area contributed by atoms with E-state index in [-0.39, 0.29) is 11.9 Å². The van der Waals surface area contributed by atoms with Gasteiger partial charge in [-0.05, 0) is 49.6 Å². The predicted molar refractivity (Wildman–Crippen MR) is 109 cm³/mol. The van der Waals surface area contributed by atoms with Gasteiger partial charge in [-0.1, -0.05) is 43.7 Å². The van der Waals surface area contributed by atoms with Crippen LogP contribution >= 0.6 is 0 Å². The highest BCUT2D eigenvalue weighted by Crippen LogP contribution is 2.24. The first kappa shape index (κ1) is 19.0. The highest BCUT2D eigenvalue weighted by atomic mass is 16.2. The molecule has 0 saturated carbocycles. The number of benzene rings is 2. The molecule has 0 aliphatic carbocycles. The van der Waals surface area contributed by atoms with Gasteiger partial charge in [-0.2, -0.15) is 0 Å². The summed E-state index contributed by atoms with van der Waals surface area (Å²) in [6, 6.07) is 15.0. The van der Waals surface area contributed by atoms with Crippen LogP contribution in [0.25, 0.3) is 0 Å². The third kappa shape index (κ3) is 4.13. The quantitative estimate of drug-likeness (QED) is 0.877. The fourth-order valence-electron chi connectivity index (χ4n) is 3.28. The third-order valence-corrected chi connectivity index (χ3v) is 5.09. The van der Waals surface area contributed by atoms with E-state index in [0.717, 1.165) is 16.9 Å². The smallest absolute Gasteiger partial charge is 0.311 e. The average Bonchev–Trinajstić information content (AvgIpc) is 2.65. The molecule has 1 N–H and O–H groups in total. The Morgan fingerprint density at radius 1 is 1.04 bits per heavy atom. The molecule has 142 valence electrons. The van der Waals surface area contributed by atoms with Gasteiger partial charge in [0.15, 0.2) is 0 Å². The number of amides is 3. The molecule has 2 aromatic carbocycles. The van der Waals surface area contributed by atoms with E-state index in [2.05, 4.69) is 31.3 Å². The van der Waals surface area contributed by atoms with Gasteiger partial charge in [0, 0.05) is 24.5 Å². The molecule has 0 unspecified atom stereocenters. The van der Waals surface area contributed by atoms with Gasteiger partial charge in [0.2, 0.25) is 5.91 Å². The first-order valence-electron chi connectivity index (χ1n) is 9.42. The van der Waals surface area contributed by atoms with E-state index in [4.69, 9.17) is 0 Å². The third-order valence-electron chi connectivity index (χ3n) is 5.09. The van der Waals surface area contributed by atoms with Crippen molar-refractivity contribution in [2.75, 3.05) is 23.3 Å². The van der Waals surface area contributed by atoms with Crippen molar-refractivity contribution < 1.29 is 9.59 Å². The standard InChI is InChI=1S/C22H27N3O2/c1-15(2)18-7-11-20(12-8-18)25-14-13-24(17(4)21(25)26)22(27)23-19-9-5-16(3)6-10-19/h5-12,15,17H,13-14H2,1-4H3,(H,23,27)/t17-/m1/s1. The highest BCUT2D eigenvalue weighted by molar-refractivity contribution is 6.01. The van der Waals surface area contributed by atoms with E-state index >= 15 is 0 Å². The number of carbonyl (C=O) groups excluding carboxylic acids is 2. The van der Waals surface area contributed by atoms with Gasteiger partial charge in [0.05, 0.1) is 0 Å². The Bertz CT molecular complexity index is 812. The van der Waals surface area contributed by atoms with Crippen molar-refractivity contribution >= 4 is 23.3 Å². The van der Waals surface area contributed by atoms with Crippen molar-refractivity contribution in [2.45, 2.75) is 39.7 Å². The molecule has 27 heavy (non-hydrogen) atoms. The molecule has 3 rings (SSSR count). The fraction of sp³-hybridized carbons (Fsp3) is 0.364. The van der Waals surface area contributed by atoms with E-state index < -0.39 is 6.04 Å². The van der Waals surface area contributed by atoms with Crippen LogP contribution in [0.1, 0.15) is 37.8 Å². The molecule has 0 aromatic heterocycles. The van der Waals surface area contributed by atoms with Crippen molar-refractivity contribution in [3.63, 3.8) is 0 Å². The number of hydrogen-bond donors (Lipinski definition) is 1. The minimum Gasteiger partial charge on any atom is -0.311 e. The normalized spacial score (nSPS) is 17.4. The van der Waals surface area contributed by atoms with Crippen molar-refractivity contribution in [1.82, 2.24) is 4.90 Å². The minimum atomic E-state index is -0.506. The Kier molecular flexibility index (Phi) is 5.49. The second-order valence-electron chi connectivity index (χ2n) is 7.40. The summed E-state index contributed by atoms with van der Waals surface area (Å²) in [5, 5.41) is 2.88. The lowest BCUT2D eigenvalue weighted by atomic mass is 10.0. The summed E-state index contributed by atoms with van der Waals surface area (Å²) >= 11 is 0. The minimum absolute atomic E-state index is 0.0578. The van der Waals surface area contributed by atoms with E-state index in [0.29, 0.717) is 19.0 Å². The number of urea groups is 1. The van der Waals surface area contributed by atoms with Crippen molar-refractivity contribution in [1.29, 1.82) is 0 Å². The van der Waals surface area contributed by atoms with Crippen LogP contribution in [-0.2, 0) is 4.79 Å². The summed E-state index contributed by atoms with van der Waals surface area (Å²) in [7, 11) is 0. The summed E-state index contributed by atoms with van der Waals surface area (Å²) < 4.78 is 0. The zero-order chi connectivity index (χ0) is 19.6. The SMILES string of the molecule is Cc1ccc(NC(=O)N2CCN(c3ccc(C(C)C)cc3)C(=O)[C@H]2C)cc1. The maximum absolute atomic E-state index is 12.9. The summed E-state index contributed by atoms with van der Waals surface area (Å²) in [6.07, 6.45) is 0. The average molecular weight is 365 g/mol. The van der Waals surface area contributed by atoms with Crippen molar-refractivity contribution in [2.24, 2.45) is 0 Å². The van der Waals surface area contributed by atoms with Gasteiger partial charge >= 0.3 is 6.03 Å². The number of aryl methyl sites for hydroxylation is 1. The predicted octanol–water partition coefficient (Wildman–Crippen LogP) is 4.39. The molecule has 1 fully saturated rings. The molecule has 5 heteroatoms. The van der Waals surface area contributed by atoms with Crippen LogP contribution in [-0.4, -0.2) is 36.0 Å². The van der Waals surface area contributed by atoms with Crippen molar-refractivity contribution in [3.05, 3.63) is 59.7 Å². The Balaban J connectivity index is 1.68. The van der Waals surface area contributed by atoms with Gasteiger partial charge < -0.3 is 15.1 Å². The Hall–Kier alpha value is -2.82. The number of piperazine rings is 1. The molecule has 0 radical (unpaired) electrons. The largest absolute Gasteiger partial charge is 0.322 e. The summed E-state index contributed by atoms with van der Waals surface area (Å²) in [6.45, 7) is 9.06. The van der Waals surface area contributed by atoms with E-state index in [1.165, 1.54) is 5.56 Å². The number of anilines is 2. The van der Waals surface area contributed by atoms with Gasteiger partial charge in [-0.15, -0.1) is 0 Å². The number of nitrogens with one attached hydrogen (secondary N) is 1. The number of nitrogens with zero attached hydrogens (tertiary/aromatic N) is 2. The topological polar surface area (TPSA) is 52.7 Å². The zero-order valence-corrected chi connectivity index (χ0v) is 16.4. The van der Waals surface area contributed by atoms with Crippen LogP contribution in [0.2, 0.25) is 0 Å².